The highest BCUT2D eigenvalue weighted by atomic mass is 35.5. The molecule has 1 saturated heterocycles. The number of nitrogens with one attached hydrogen (secondary N) is 2. The van der Waals surface area contributed by atoms with E-state index in [1.807, 2.05) is 18.0 Å². The molecule has 1 aliphatic carbocycles. The summed E-state index contributed by atoms with van der Waals surface area (Å²) in [4.78, 5) is 14.4. The molecule has 1 amide bonds. The van der Waals surface area contributed by atoms with Crippen LogP contribution in [0.5, 0.6) is 0 Å². The molecule has 1 fully saturated rings. The lowest BCUT2D eigenvalue weighted by Gasteiger charge is -2.18. The van der Waals surface area contributed by atoms with Gasteiger partial charge in [-0.25, -0.2) is 13.1 Å². The van der Waals surface area contributed by atoms with Gasteiger partial charge in [-0.2, -0.15) is 0 Å². The normalized spacial score (nSPS) is 19.4. The topological polar surface area (TPSA) is 78.5 Å². The molecule has 1 aliphatic heterocycles. The zero-order chi connectivity index (χ0) is 18.6. The first-order valence-corrected chi connectivity index (χ1v) is 11.0. The molecule has 3 rings (SSSR count). The van der Waals surface area contributed by atoms with Crippen molar-refractivity contribution in [2.45, 2.75) is 43.4 Å². The summed E-state index contributed by atoms with van der Waals surface area (Å²) in [6.45, 7) is 2.58. The molecule has 2 aliphatic rings. The van der Waals surface area contributed by atoms with Gasteiger partial charge in [0.2, 0.25) is 15.9 Å². The van der Waals surface area contributed by atoms with E-state index < -0.39 is 10.0 Å². The highest BCUT2D eigenvalue weighted by Crippen LogP contribution is 2.24. The van der Waals surface area contributed by atoms with Gasteiger partial charge in [0.1, 0.15) is 0 Å². The number of rotatable bonds is 7. The number of benzene rings is 1. The summed E-state index contributed by atoms with van der Waals surface area (Å²) in [6.07, 6.45) is 5.47. The van der Waals surface area contributed by atoms with Crippen molar-refractivity contribution in [2.75, 3.05) is 33.2 Å². The van der Waals surface area contributed by atoms with Gasteiger partial charge in [-0.15, -0.1) is 12.4 Å². The molecule has 0 bridgehead atoms. The summed E-state index contributed by atoms with van der Waals surface area (Å²) in [5.41, 5.74) is 2.40. The van der Waals surface area contributed by atoms with Crippen molar-refractivity contribution in [1.29, 1.82) is 0 Å². The van der Waals surface area contributed by atoms with Gasteiger partial charge in [-0.3, -0.25) is 4.79 Å². The number of hydrogen-bond acceptors (Lipinski definition) is 4. The maximum atomic E-state index is 12.5. The van der Waals surface area contributed by atoms with Gasteiger partial charge < -0.3 is 10.2 Å². The molecule has 0 saturated carbocycles. The van der Waals surface area contributed by atoms with Crippen molar-refractivity contribution in [3.05, 3.63) is 29.3 Å². The molecule has 27 heavy (non-hydrogen) atoms. The zero-order valence-corrected chi connectivity index (χ0v) is 17.5. The van der Waals surface area contributed by atoms with Gasteiger partial charge in [0, 0.05) is 26.1 Å². The van der Waals surface area contributed by atoms with Crippen LogP contribution >= 0.6 is 12.4 Å². The third-order valence-electron chi connectivity index (χ3n) is 5.39. The lowest BCUT2D eigenvalue weighted by atomic mass is 9.92. The van der Waals surface area contributed by atoms with Crippen molar-refractivity contribution >= 4 is 28.3 Å². The predicted octanol–water partition coefficient (Wildman–Crippen LogP) is 1.72. The van der Waals surface area contributed by atoms with Crippen LogP contribution in [0.2, 0.25) is 0 Å². The number of nitrogens with zero attached hydrogens (tertiary/aromatic N) is 1. The van der Waals surface area contributed by atoms with E-state index in [-0.39, 0.29) is 31.3 Å². The molecule has 1 unspecified atom stereocenters. The van der Waals surface area contributed by atoms with E-state index in [1.54, 1.807) is 12.1 Å². The van der Waals surface area contributed by atoms with Crippen LogP contribution in [0, 0.1) is 5.92 Å². The number of hydrogen-bond donors (Lipinski definition) is 2. The first-order valence-electron chi connectivity index (χ1n) is 9.53. The Balaban J connectivity index is 0.00000261. The maximum absolute atomic E-state index is 12.5. The number of fused-ring (bicyclic) bond motifs is 1. The second-order valence-corrected chi connectivity index (χ2v) is 9.10. The van der Waals surface area contributed by atoms with E-state index >= 15 is 0 Å². The van der Waals surface area contributed by atoms with Gasteiger partial charge >= 0.3 is 0 Å². The fraction of sp³-hybridized carbons (Fsp3) is 0.632. The largest absolute Gasteiger partial charge is 0.342 e. The van der Waals surface area contributed by atoms with Gasteiger partial charge in [-0.1, -0.05) is 6.07 Å². The Morgan fingerprint density at radius 1 is 1.22 bits per heavy atom. The summed E-state index contributed by atoms with van der Waals surface area (Å²) in [5.74, 6) is 0.521. The molecule has 0 radical (unpaired) electrons. The third kappa shape index (κ3) is 5.67. The molecule has 0 aromatic heterocycles. The van der Waals surface area contributed by atoms with Crippen LogP contribution < -0.4 is 10.0 Å². The van der Waals surface area contributed by atoms with Crippen molar-refractivity contribution in [1.82, 2.24) is 14.9 Å². The van der Waals surface area contributed by atoms with Gasteiger partial charge in [0.05, 0.1) is 4.90 Å². The van der Waals surface area contributed by atoms with Crippen LogP contribution in [0.1, 0.15) is 36.8 Å². The third-order valence-corrected chi connectivity index (χ3v) is 6.85. The molecule has 1 heterocycles. The number of sulfonamides is 1. The number of aryl methyl sites for hydroxylation is 2. The Kier molecular flexibility index (Phi) is 8.09. The predicted molar refractivity (Wildman–Crippen MR) is 109 cm³/mol. The molecule has 1 aromatic rings. The van der Waals surface area contributed by atoms with E-state index in [0.717, 1.165) is 50.9 Å². The number of carbonyl (C=O) groups is 1. The first kappa shape index (κ1) is 22.1. The molecule has 0 spiro atoms. The minimum Gasteiger partial charge on any atom is -0.342 e. The number of carbonyl (C=O) groups excluding carboxylic acids is 1. The quantitative estimate of drug-likeness (QED) is 0.710. The smallest absolute Gasteiger partial charge is 0.240 e. The van der Waals surface area contributed by atoms with Gasteiger partial charge in [0.15, 0.2) is 0 Å². The molecule has 1 atom stereocenters. The van der Waals surface area contributed by atoms with Crippen LogP contribution in [0.3, 0.4) is 0 Å². The minimum atomic E-state index is -3.56. The SMILES string of the molecule is CNCC1CCN(C(=O)CCNS(=O)(=O)c2ccc3c(c2)CCCC3)C1.Cl. The average Bonchev–Trinajstić information content (AvgIpc) is 3.10. The van der Waals surface area contributed by atoms with E-state index in [4.69, 9.17) is 0 Å². The lowest BCUT2D eigenvalue weighted by Crippen LogP contribution is -2.34. The van der Waals surface area contributed by atoms with Crippen LogP contribution in [-0.4, -0.2) is 52.5 Å². The Labute approximate surface area is 168 Å². The first-order chi connectivity index (χ1) is 12.5. The molecule has 6 nitrogen and oxygen atoms in total. The van der Waals surface area contributed by atoms with Crippen molar-refractivity contribution in [3.8, 4) is 0 Å². The summed E-state index contributed by atoms with van der Waals surface area (Å²) in [6, 6.07) is 5.40. The van der Waals surface area contributed by atoms with Crippen LogP contribution in [0.25, 0.3) is 0 Å². The minimum absolute atomic E-state index is 0. The zero-order valence-electron chi connectivity index (χ0n) is 15.9. The Bertz CT molecular complexity index is 755. The van der Waals surface area contributed by atoms with E-state index in [0.29, 0.717) is 10.8 Å². The van der Waals surface area contributed by atoms with Gasteiger partial charge in [0.25, 0.3) is 0 Å². The van der Waals surface area contributed by atoms with E-state index in [9.17, 15) is 13.2 Å². The molecule has 8 heteroatoms. The fourth-order valence-electron chi connectivity index (χ4n) is 3.93. The van der Waals surface area contributed by atoms with Crippen LogP contribution in [0.4, 0.5) is 0 Å². The number of amides is 1. The monoisotopic (exact) mass is 415 g/mol. The molecule has 152 valence electrons. The van der Waals surface area contributed by atoms with Crippen molar-refractivity contribution in [2.24, 2.45) is 5.92 Å². The summed E-state index contributed by atoms with van der Waals surface area (Å²) < 4.78 is 27.6. The maximum Gasteiger partial charge on any atom is 0.240 e. The Morgan fingerprint density at radius 3 is 2.70 bits per heavy atom. The van der Waals surface area contributed by atoms with Gasteiger partial charge in [-0.05, 0) is 74.9 Å². The highest BCUT2D eigenvalue weighted by Gasteiger charge is 2.25. The van der Waals surface area contributed by atoms with Crippen LogP contribution in [-0.2, 0) is 27.7 Å². The lowest BCUT2D eigenvalue weighted by molar-refractivity contribution is -0.130. The highest BCUT2D eigenvalue weighted by molar-refractivity contribution is 7.89. The fourth-order valence-corrected chi connectivity index (χ4v) is 5.01. The molecular formula is C19H30ClN3O3S. The second-order valence-electron chi connectivity index (χ2n) is 7.34. The molecule has 1 aromatic carbocycles. The van der Waals surface area contributed by atoms with Crippen LogP contribution in [0.15, 0.2) is 23.1 Å². The second kappa shape index (κ2) is 9.87. The molecular weight excluding hydrogens is 386 g/mol. The number of halogens is 1. The summed E-state index contributed by atoms with van der Waals surface area (Å²) in [5, 5.41) is 3.14. The summed E-state index contributed by atoms with van der Waals surface area (Å²) >= 11 is 0. The van der Waals surface area contributed by atoms with Crippen molar-refractivity contribution in [3.63, 3.8) is 0 Å². The number of likely N-dealkylation sites (tertiary alicyclic amines) is 1. The van der Waals surface area contributed by atoms with E-state index in [2.05, 4.69) is 10.0 Å². The molecule has 2 N–H and O–H groups in total. The Morgan fingerprint density at radius 2 is 1.96 bits per heavy atom. The summed E-state index contributed by atoms with van der Waals surface area (Å²) in [7, 11) is -1.65. The Hall–Kier alpha value is -1.15. The van der Waals surface area contributed by atoms with E-state index in [1.165, 1.54) is 12.0 Å². The van der Waals surface area contributed by atoms with Crippen molar-refractivity contribution < 1.29 is 13.2 Å². The standard InChI is InChI=1S/C19H29N3O3S.ClH/c1-20-13-15-9-11-22(14-15)19(23)8-10-21-26(24,25)18-7-6-16-4-2-3-5-17(16)12-18;/h6-7,12,15,20-21H,2-5,8-11,13-14H2,1H3;1H. The average molecular weight is 416 g/mol.